The molecule has 0 radical (unpaired) electrons. The molecule has 0 amide bonds. The van der Waals surface area contributed by atoms with Gasteiger partial charge in [0.15, 0.2) is 0 Å². The van der Waals surface area contributed by atoms with Crippen molar-refractivity contribution in [2.75, 3.05) is 31.1 Å². The van der Waals surface area contributed by atoms with Gasteiger partial charge >= 0.3 is 0 Å². The summed E-state index contributed by atoms with van der Waals surface area (Å²) in [6.45, 7) is 7.22. The SMILES string of the molecule is Cc1cccc(N2CCN(Cc3coc(-c4cccs4)n3)CC2)c1. The van der Waals surface area contributed by atoms with Gasteiger partial charge in [-0.15, -0.1) is 11.3 Å². The van der Waals surface area contributed by atoms with E-state index in [1.54, 1.807) is 17.6 Å². The molecule has 0 atom stereocenters. The zero-order valence-electron chi connectivity index (χ0n) is 13.8. The molecule has 1 aromatic carbocycles. The van der Waals surface area contributed by atoms with Gasteiger partial charge in [0.2, 0.25) is 5.89 Å². The zero-order valence-corrected chi connectivity index (χ0v) is 14.6. The van der Waals surface area contributed by atoms with Crippen molar-refractivity contribution in [3.63, 3.8) is 0 Å². The maximum Gasteiger partial charge on any atom is 0.236 e. The van der Waals surface area contributed by atoms with Gasteiger partial charge in [0.05, 0.1) is 10.6 Å². The van der Waals surface area contributed by atoms with E-state index in [9.17, 15) is 0 Å². The lowest BCUT2D eigenvalue weighted by molar-refractivity contribution is 0.247. The third-order valence-corrected chi connectivity index (χ3v) is 5.27. The van der Waals surface area contributed by atoms with Crippen molar-refractivity contribution in [1.29, 1.82) is 0 Å². The van der Waals surface area contributed by atoms with Crippen LogP contribution < -0.4 is 4.90 Å². The molecule has 3 heterocycles. The molecule has 3 aromatic rings. The van der Waals surface area contributed by atoms with Crippen LogP contribution in [0.2, 0.25) is 0 Å². The lowest BCUT2D eigenvalue weighted by atomic mass is 10.2. The molecule has 1 aliphatic rings. The van der Waals surface area contributed by atoms with Crippen LogP contribution in [0.15, 0.2) is 52.5 Å². The van der Waals surface area contributed by atoms with E-state index in [0.29, 0.717) is 0 Å². The molecular weight excluding hydrogens is 318 g/mol. The molecule has 4 rings (SSSR count). The van der Waals surface area contributed by atoms with Crippen LogP contribution in [0.5, 0.6) is 0 Å². The fourth-order valence-electron chi connectivity index (χ4n) is 3.11. The van der Waals surface area contributed by atoms with Crippen LogP contribution in [0.25, 0.3) is 10.8 Å². The molecular formula is C19H21N3OS. The topological polar surface area (TPSA) is 32.5 Å². The number of aromatic nitrogens is 1. The summed E-state index contributed by atoms with van der Waals surface area (Å²) in [6.07, 6.45) is 1.79. The summed E-state index contributed by atoms with van der Waals surface area (Å²) in [5, 5.41) is 2.05. The highest BCUT2D eigenvalue weighted by Gasteiger charge is 2.19. The first-order chi connectivity index (χ1) is 11.8. The monoisotopic (exact) mass is 339 g/mol. The van der Waals surface area contributed by atoms with Gasteiger partial charge in [0, 0.05) is 38.4 Å². The van der Waals surface area contributed by atoms with Crippen molar-refractivity contribution in [3.8, 4) is 10.8 Å². The minimum atomic E-state index is 0.735. The zero-order chi connectivity index (χ0) is 16.4. The maximum absolute atomic E-state index is 5.62. The van der Waals surface area contributed by atoms with Crippen LogP contribution >= 0.6 is 11.3 Å². The van der Waals surface area contributed by atoms with Crippen LogP contribution in [0, 0.1) is 6.92 Å². The molecule has 0 N–H and O–H groups in total. The number of thiophene rings is 1. The van der Waals surface area contributed by atoms with Gasteiger partial charge in [0.25, 0.3) is 0 Å². The van der Waals surface area contributed by atoms with E-state index in [1.807, 2.05) is 17.5 Å². The van der Waals surface area contributed by atoms with Crippen LogP contribution in [0.1, 0.15) is 11.3 Å². The van der Waals surface area contributed by atoms with E-state index in [4.69, 9.17) is 4.42 Å². The number of hydrogen-bond donors (Lipinski definition) is 0. The Morgan fingerprint density at radius 1 is 1.12 bits per heavy atom. The molecule has 1 fully saturated rings. The number of aryl methyl sites for hydroxylation is 1. The van der Waals surface area contributed by atoms with Crippen molar-refractivity contribution >= 4 is 17.0 Å². The number of nitrogens with zero attached hydrogens (tertiary/aromatic N) is 3. The second-order valence-corrected chi connectivity index (χ2v) is 7.17. The molecule has 0 aliphatic carbocycles. The molecule has 1 saturated heterocycles. The van der Waals surface area contributed by atoms with Crippen LogP contribution in [0.3, 0.4) is 0 Å². The van der Waals surface area contributed by atoms with E-state index >= 15 is 0 Å². The summed E-state index contributed by atoms with van der Waals surface area (Å²) in [7, 11) is 0. The Morgan fingerprint density at radius 3 is 2.75 bits per heavy atom. The molecule has 0 spiro atoms. The summed E-state index contributed by atoms with van der Waals surface area (Å²) in [4.78, 5) is 10.6. The summed E-state index contributed by atoms with van der Waals surface area (Å²) in [5.74, 6) is 0.735. The van der Waals surface area contributed by atoms with E-state index in [0.717, 1.165) is 49.2 Å². The average molecular weight is 339 g/mol. The van der Waals surface area contributed by atoms with Gasteiger partial charge in [-0.2, -0.15) is 0 Å². The van der Waals surface area contributed by atoms with E-state index in [-0.39, 0.29) is 0 Å². The van der Waals surface area contributed by atoms with Crippen LogP contribution in [-0.4, -0.2) is 36.1 Å². The second-order valence-electron chi connectivity index (χ2n) is 6.22. The third-order valence-electron chi connectivity index (χ3n) is 4.41. The number of anilines is 1. The largest absolute Gasteiger partial charge is 0.444 e. The summed E-state index contributed by atoms with van der Waals surface area (Å²) >= 11 is 1.66. The molecule has 4 nitrogen and oxygen atoms in total. The number of hydrogen-bond acceptors (Lipinski definition) is 5. The summed E-state index contributed by atoms with van der Waals surface area (Å²) in [6, 6.07) is 12.8. The van der Waals surface area contributed by atoms with Gasteiger partial charge < -0.3 is 9.32 Å². The van der Waals surface area contributed by atoms with E-state index < -0.39 is 0 Å². The Balaban J connectivity index is 1.35. The number of piperazine rings is 1. The highest BCUT2D eigenvalue weighted by Crippen LogP contribution is 2.24. The van der Waals surface area contributed by atoms with Crippen molar-refractivity contribution < 1.29 is 4.42 Å². The molecule has 124 valence electrons. The lowest BCUT2D eigenvalue weighted by Gasteiger charge is -2.35. The Hall–Kier alpha value is -2.11. The van der Waals surface area contributed by atoms with Crippen LogP contribution in [-0.2, 0) is 6.54 Å². The smallest absolute Gasteiger partial charge is 0.236 e. The van der Waals surface area contributed by atoms with Gasteiger partial charge in [-0.05, 0) is 36.1 Å². The average Bonchev–Trinajstić information content (AvgIpc) is 3.27. The molecule has 1 aliphatic heterocycles. The first-order valence-electron chi connectivity index (χ1n) is 8.30. The Labute approximate surface area is 146 Å². The highest BCUT2D eigenvalue weighted by molar-refractivity contribution is 7.13. The van der Waals surface area contributed by atoms with Crippen molar-refractivity contribution in [1.82, 2.24) is 9.88 Å². The highest BCUT2D eigenvalue weighted by atomic mass is 32.1. The van der Waals surface area contributed by atoms with Crippen molar-refractivity contribution in [3.05, 3.63) is 59.3 Å². The fraction of sp³-hybridized carbons (Fsp3) is 0.316. The lowest BCUT2D eigenvalue weighted by Crippen LogP contribution is -2.46. The predicted molar refractivity (Wildman–Crippen MR) is 98.5 cm³/mol. The minimum absolute atomic E-state index is 0.735. The van der Waals surface area contributed by atoms with Gasteiger partial charge in [-0.3, -0.25) is 4.90 Å². The Bertz CT molecular complexity index is 789. The van der Waals surface area contributed by atoms with Gasteiger partial charge in [-0.1, -0.05) is 18.2 Å². The molecule has 2 aromatic heterocycles. The number of oxazole rings is 1. The predicted octanol–water partition coefficient (Wildman–Crippen LogP) is 4.03. The Morgan fingerprint density at radius 2 is 2.00 bits per heavy atom. The Kier molecular flexibility index (Phi) is 4.36. The van der Waals surface area contributed by atoms with E-state index in [1.165, 1.54) is 11.3 Å². The van der Waals surface area contributed by atoms with Crippen molar-refractivity contribution in [2.45, 2.75) is 13.5 Å². The fourth-order valence-corrected chi connectivity index (χ4v) is 3.77. The first kappa shape index (κ1) is 15.4. The quantitative estimate of drug-likeness (QED) is 0.718. The van der Waals surface area contributed by atoms with E-state index in [2.05, 4.69) is 46.0 Å². The summed E-state index contributed by atoms with van der Waals surface area (Å²) < 4.78 is 5.62. The third kappa shape index (κ3) is 3.37. The standard InChI is InChI=1S/C19H21N3OS/c1-15-4-2-5-17(12-15)22-9-7-21(8-10-22)13-16-14-23-19(20-16)18-6-3-11-24-18/h2-6,11-12,14H,7-10,13H2,1H3. The molecule has 5 heteroatoms. The molecule has 0 bridgehead atoms. The maximum atomic E-state index is 5.62. The van der Waals surface area contributed by atoms with Crippen molar-refractivity contribution in [2.24, 2.45) is 0 Å². The van der Waals surface area contributed by atoms with Gasteiger partial charge in [-0.25, -0.2) is 4.98 Å². The minimum Gasteiger partial charge on any atom is -0.444 e. The molecule has 0 unspecified atom stereocenters. The van der Waals surface area contributed by atoms with Gasteiger partial charge in [0.1, 0.15) is 6.26 Å². The number of rotatable bonds is 4. The molecule has 0 saturated carbocycles. The second kappa shape index (κ2) is 6.79. The number of benzene rings is 1. The van der Waals surface area contributed by atoms with Crippen LogP contribution in [0.4, 0.5) is 5.69 Å². The normalized spacial score (nSPS) is 15.8. The summed E-state index contributed by atoms with van der Waals surface area (Å²) in [5.41, 5.74) is 3.66. The molecule has 24 heavy (non-hydrogen) atoms. The first-order valence-corrected chi connectivity index (χ1v) is 9.18.